The number of benzene rings is 1. The van der Waals surface area contributed by atoms with Crippen LogP contribution in [0, 0.1) is 11.3 Å². The summed E-state index contributed by atoms with van der Waals surface area (Å²) in [6, 6.07) is 7.13. The molecule has 0 bridgehead atoms. The van der Waals surface area contributed by atoms with Gasteiger partial charge >= 0.3 is 6.18 Å². The van der Waals surface area contributed by atoms with Gasteiger partial charge in [0.2, 0.25) is 0 Å². The Morgan fingerprint density at radius 2 is 1.75 bits per heavy atom. The first-order valence-corrected chi connectivity index (χ1v) is 7.27. The highest BCUT2D eigenvalue weighted by molar-refractivity contribution is 7.91. The summed E-state index contributed by atoms with van der Waals surface area (Å²) in [5.41, 5.74) is 0.324. The van der Waals surface area contributed by atoms with Gasteiger partial charge in [0.05, 0.1) is 41.9 Å². The van der Waals surface area contributed by atoms with Gasteiger partial charge in [0, 0.05) is 0 Å². The summed E-state index contributed by atoms with van der Waals surface area (Å²) in [5, 5.41) is 8.59. The topological polar surface area (TPSA) is 67.2 Å². The first-order valence-electron chi connectivity index (χ1n) is 5.62. The van der Waals surface area contributed by atoms with E-state index in [0.717, 1.165) is 0 Å². The Morgan fingerprint density at radius 3 is 2.25 bits per heavy atom. The number of alkyl halides is 3. The van der Waals surface area contributed by atoms with E-state index in [1.54, 1.807) is 0 Å². The van der Waals surface area contributed by atoms with Crippen molar-refractivity contribution in [2.75, 3.05) is 19.0 Å². The number of sulfone groups is 1. The fourth-order valence-corrected chi connectivity index (χ4v) is 2.44. The Balaban J connectivity index is 2.47. The number of hydrogen-bond donors (Lipinski definition) is 0. The Morgan fingerprint density at radius 1 is 1.15 bits per heavy atom. The summed E-state index contributed by atoms with van der Waals surface area (Å²) < 4.78 is 63.8. The lowest BCUT2D eigenvalue weighted by molar-refractivity contribution is -0.144. The smallest absolute Gasteiger partial charge is 0.380 e. The third kappa shape index (κ3) is 5.59. The molecular formula is C12H12F3NO3S. The van der Waals surface area contributed by atoms with Gasteiger partial charge in [-0.1, -0.05) is 0 Å². The van der Waals surface area contributed by atoms with Crippen LogP contribution < -0.4 is 0 Å². The molecule has 0 saturated heterocycles. The molecule has 0 amide bonds. The van der Waals surface area contributed by atoms with Crippen molar-refractivity contribution < 1.29 is 26.3 Å². The monoisotopic (exact) mass is 307 g/mol. The minimum absolute atomic E-state index is 0.0101. The van der Waals surface area contributed by atoms with Gasteiger partial charge in [-0.3, -0.25) is 0 Å². The van der Waals surface area contributed by atoms with Crippen LogP contribution in [0.4, 0.5) is 13.2 Å². The van der Waals surface area contributed by atoms with E-state index >= 15 is 0 Å². The molecule has 1 aromatic carbocycles. The number of nitriles is 1. The molecule has 8 heteroatoms. The number of halogens is 3. The van der Waals surface area contributed by atoms with Gasteiger partial charge < -0.3 is 4.74 Å². The van der Waals surface area contributed by atoms with Crippen LogP contribution in [0.25, 0.3) is 0 Å². The second kappa shape index (κ2) is 6.72. The van der Waals surface area contributed by atoms with Crippen molar-refractivity contribution >= 4 is 9.84 Å². The standard InChI is InChI=1S/C12H12F3NO3S/c13-12(14,15)5-6-19-7-8-20(17,18)11-3-1-10(9-16)2-4-11/h1-4H,5-8H2. The Kier molecular flexibility index (Phi) is 5.53. The zero-order valence-electron chi connectivity index (χ0n) is 10.4. The van der Waals surface area contributed by atoms with Crippen molar-refractivity contribution in [3.05, 3.63) is 29.8 Å². The lowest BCUT2D eigenvalue weighted by Crippen LogP contribution is -2.16. The molecule has 0 N–H and O–H groups in total. The highest BCUT2D eigenvalue weighted by Gasteiger charge is 2.26. The number of ether oxygens (including phenoxy) is 1. The fourth-order valence-electron chi connectivity index (χ4n) is 1.31. The fraction of sp³-hybridized carbons (Fsp3) is 0.417. The number of hydrogen-bond acceptors (Lipinski definition) is 4. The third-order valence-electron chi connectivity index (χ3n) is 2.37. The Labute approximate surface area is 114 Å². The molecule has 110 valence electrons. The molecule has 0 saturated carbocycles. The molecule has 20 heavy (non-hydrogen) atoms. The van der Waals surface area contributed by atoms with Crippen LogP contribution in [0.5, 0.6) is 0 Å². The number of rotatable bonds is 6. The molecule has 0 aliphatic heterocycles. The van der Waals surface area contributed by atoms with Gasteiger partial charge in [0.25, 0.3) is 0 Å². The van der Waals surface area contributed by atoms with Crippen molar-refractivity contribution in [1.29, 1.82) is 5.26 Å². The van der Waals surface area contributed by atoms with Crippen molar-refractivity contribution in [2.24, 2.45) is 0 Å². The molecule has 4 nitrogen and oxygen atoms in total. The maximum atomic E-state index is 11.8. The average Bonchev–Trinajstić information content (AvgIpc) is 2.37. The van der Waals surface area contributed by atoms with Crippen LogP contribution >= 0.6 is 0 Å². The van der Waals surface area contributed by atoms with E-state index < -0.39 is 34.8 Å². The predicted molar refractivity (Wildman–Crippen MR) is 64.7 cm³/mol. The molecule has 1 rings (SSSR count). The summed E-state index contributed by atoms with van der Waals surface area (Å²) in [5.74, 6) is -0.406. The van der Waals surface area contributed by atoms with Crippen molar-refractivity contribution in [3.8, 4) is 6.07 Å². The predicted octanol–water partition coefficient (Wildman–Crippen LogP) is 2.30. The quantitative estimate of drug-likeness (QED) is 0.756. The minimum atomic E-state index is -4.31. The first kappa shape index (κ1) is 16.5. The summed E-state index contributed by atoms with van der Waals surface area (Å²) in [6.45, 7) is -0.870. The molecule has 0 spiro atoms. The van der Waals surface area contributed by atoms with Crippen molar-refractivity contribution in [2.45, 2.75) is 17.5 Å². The lowest BCUT2D eigenvalue weighted by Gasteiger charge is -2.08. The van der Waals surface area contributed by atoms with Crippen LogP contribution in [-0.4, -0.2) is 33.6 Å². The summed E-state index contributed by atoms with van der Waals surface area (Å²) >= 11 is 0. The second-order valence-electron chi connectivity index (χ2n) is 3.93. The van der Waals surface area contributed by atoms with Gasteiger partial charge in [-0.25, -0.2) is 8.42 Å². The molecular weight excluding hydrogens is 295 g/mol. The average molecular weight is 307 g/mol. The highest BCUT2D eigenvalue weighted by atomic mass is 32.2. The molecule has 1 aromatic rings. The first-order chi connectivity index (χ1) is 9.24. The summed E-state index contributed by atoms with van der Waals surface area (Å²) in [4.78, 5) is 0.0101. The van der Waals surface area contributed by atoms with Gasteiger partial charge in [0.15, 0.2) is 9.84 Å². The van der Waals surface area contributed by atoms with Gasteiger partial charge in [-0.15, -0.1) is 0 Å². The van der Waals surface area contributed by atoms with Crippen LogP contribution in [0.2, 0.25) is 0 Å². The zero-order chi connectivity index (χ0) is 15.2. The third-order valence-corrected chi connectivity index (χ3v) is 4.06. The SMILES string of the molecule is N#Cc1ccc(S(=O)(=O)CCOCCC(F)(F)F)cc1. The molecule has 0 aliphatic rings. The number of nitrogens with zero attached hydrogens (tertiary/aromatic N) is 1. The van der Waals surface area contributed by atoms with E-state index in [1.807, 2.05) is 6.07 Å². The summed E-state index contributed by atoms with van der Waals surface area (Å²) in [6.07, 6.45) is -5.42. The van der Waals surface area contributed by atoms with E-state index in [1.165, 1.54) is 24.3 Å². The second-order valence-corrected chi connectivity index (χ2v) is 6.04. The Hall–Kier alpha value is -1.59. The van der Waals surface area contributed by atoms with Crippen molar-refractivity contribution in [3.63, 3.8) is 0 Å². The van der Waals surface area contributed by atoms with E-state index in [-0.39, 0.29) is 11.5 Å². The van der Waals surface area contributed by atoms with E-state index in [2.05, 4.69) is 4.74 Å². The van der Waals surface area contributed by atoms with Crippen LogP contribution in [-0.2, 0) is 14.6 Å². The zero-order valence-corrected chi connectivity index (χ0v) is 11.2. The van der Waals surface area contributed by atoms with Crippen LogP contribution in [0.3, 0.4) is 0 Å². The van der Waals surface area contributed by atoms with Gasteiger partial charge in [0.1, 0.15) is 0 Å². The molecule has 0 heterocycles. The van der Waals surface area contributed by atoms with Crippen LogP contribution in [0.15, 0.2) is 29.2 Å². The molecule has 0 unspecified atom stereocenters. The molecule has 0 radical (unpaired) electrons. The summed E-state index contributed by atoms with van der Waals surface area (Å²) in [7, 11) is -3.62. The molecule has 0 atom stereocenters. The Bertz CT molecular complexity index is 573. The molecule has 0 fully saturated rings. The largest absolute Gasteiger partial charge is 0.391 e. The molecule has 0 aromatic heterocycles. The van der Waals surface area contributed by atoms with Gasteiger partial charge in [-0.2, -0.15) is 18.4 Å². The van der Waals surface area contributed by atoms with E-state index in [0.29, 0.717) is 5.56 Å². The molecule has 0 aliphatic carbocycles. The van der Waals surface area contributed by atoms with E-state index in [4.69, 9.17) is 5.26 Å². The lowest BCUT2D eigenvalue weighted by atomic mass is 10.2. The van der Waals surface area contributed by atoms with Crippen LogP contribution in [0.1, 0.15) is 12.0 Å². The van der Waals surface area contributed by atoms with E-state index in [9.17, 15) is 21.6 Å². The van der Waals surface area contributed by atoms with Crippen molar-refractivity contribution in [1.82, 2.24) is 0 Å². The maximum absolute atomic E-state index is 11.8. The maximum Gasteiger partial charge on any atom is 0.391 e. The highest BCUT2D eigenvalue weighted by Crippen LogP contribution is 2.19. The normalized spacial score (nSPS) is 12.1. The minimum Gasteiger partial charge on any atom is -0.380 e. The van der Waals surface area contributed by atoms with Gasteiger partial charge in [-0.05, 0) is 24.3 Å².